The second-order valence-corrected chi connectivity index (χ2v) is 6.24. The molecule has 29 heavy (non-hydrogen) atoms. The standard InChI is InChI=1S/C22H19NO6/c1-23-17-9-4-3-8-16(17)21(26)20(22(23)27)18(24)11-10-14-6-5-7-15(12-14)29-13-19(25)28-2/h3-12,26H,13H2,1-2H3/b11-10+. The van der Waals surface area contributed by atoms with Crippen LogP contribution >= 0.6 is 0 Å². The zero-order valence-electron chi connectivity index (χ0n) is 15.9. The summed E-state index contributed by atoms with van der Waals surface area (Å²) in [4.78, 5) is 36.4. The number of esters is 1. The molecule has 0 atom stereocenters. The Kier molecular flexibility index (Phi) is 5.78. The lowest BCUT2D eigenvalue weighted by atomic mass is 10.1. The van der Waals surface area contributed by atoms with Crippen molar-refractivity contribution in [2.75, 3.05) is 13.7 Å². The number of allylic oxidation sites excluding steroid dienone is 1. The maximum Gasteiger partial charge on any atom is 0.343 e. The van der Waals surface area contributed by atoms with Gasteiger partial charge in [0.1, 0.15) is 17.1 Å². The van der Waals surface area contributed by atoms with Crippen LogP contribution in [0.4, 0.5) is 0 Å². The summed E-state index contributed by atoms with van der Waals surface area (Å²) in [5.74, 6) is -1.04. The number of aromatic hydroxyl groups is 1. The highest BCUT2D eigenvalue weighted by molar-refractivity contribution is 6.11. The molecule has 2 aromatic carbocycles. The Morgan fingerprint density at radius 1 is 1.14 bits per heavy atom. The highest BCUT2D eigenvalue weighted by Crippen LogP contribution is 2.26. The van der Waals surface area contributed by atoms with Gasteiger partial charge in [0.25, 0.3) is 5.56 Å². The molecule has 0 fully saturated rings. The first kappa shape index (κ1) is 19.9. The zero-order valence-corrected chi connectivity index (χ0v) is 15.9. The number of para-hydroxylation sites is 1. The minimum absolute atomic E-state index is 0.233. The van der Waals surface area contributed by atoms with Crippen molar-refractivity contribution in [3.8, 4) is 11.5 Å². The number of pyridine rings is 1. The summed E-state index contributed by atoms with van der Waals surface area (Å²) in [6.45, 7) is -0.233. The number of hydrogen-bond donors (Lipinski definition) is 1. The van der Waals surface area contributed by atoms with Crippen LogP contribution in [0.15, 0.2) is 59.4 Å². The van der Waals surface area contributed by atoms with Crippen LogP contribution in [0.2, 0.25) is 0 Å². The molecule has 0 spiro atoms. The second-order valence-electron chi connectivity index (χ2n) is 6.24. The molecular weight excluding hydrogens is 374 g/mol. The molecule has 0 amide bonds. The molecule has 7 nitrogen and oxygen atoms in total. The minimum atomic E-state index is -0.616. The number of ketones is 1. The molecule has 0 saturated carbocycles. The number of nitrogens with zero attached hydrogens (tertiary/aromatic N) is 1. The molecule has 1 aromatic heterocycles. The molecule has 0 bridgehead atoms. The quantitative estimate of drug-likeness (QED) is 0.393. The van der Waals surface area contributed by atoms with Crippen molar-refractivity contribution in [1.82, 2.24) is 4.57 Å². The summed E-state index contributed by atoms with van der Waals surface area (Å²) in [5, 5.41) is 10.9. The predicted molar refractivity (Wildman–Crippen MR) is 108 cm³/mol. The lowest BCUT2D eigenvalue weighted by molar-refractivity contribution is -0.142. The van der Waals surface area contributed by atoms with Gasteiger partial charge in [-0.2, -0.15) is 0 Å². The molecule has 0 saturated heterocycles. The van der Waals surface area contributed by atoms with Gasteiger partial charge in [0.2, 0.25) is 0 Å². The molecule has 0 aliphatic rings. The van der Waals surface area contributed by atoms with Gasteiger partial charge in [0, 0.05) is 12.4 Å². The molecule has 0 unspecified atom stereocenters. The molecule has 7 heteroatoms. The largest absolute Gasteiger partial charge is 0.506 e. The van der Waals surface area contributed by atoms with Gasteiger partial charge in [-0.1, -0.05) is 30.3 Å². The van der Waals surface area contributed by atoms with Crippen LogP contribution in [-0.2, 0) is 16.6 Å². The Morgan fingerprint density at radius 3 is 2.66 bits per heavy atom. The van der Waals surface area contributed by atoms with Crippen LogP contribution in [0.3, 0.4) is 0 Å². The summed E-state index contributed by atoms with van der Waals surface area (Å²) in [6.07, 6.45) is 2.71. The van der Waals surface area contributed by atoms with E-state index in [1.807, 2.05) is 0 Å². The third-order valence-corrected chi connectivity index (χ3v) is 4.39. The van der Waals surface area contributed by atoms with Gasteiger partial charge >= 0.3 is 5.97 Å². The minimum Gasteiger partial charge on any atom is -0.506 e. The topological polar surface area (TPSA) is 94.8 Å². The maximum absolute atomic E-state index is 12.6. The van der Waals surface area contributed by atoms with Crippen molar-refractivity contribution in [2.24, 2.45) is 7.05 Å². The number of rotatable bonds is 6. The second kappa shape index (κ2) is 8.43. The molecule has 0 radical (unpaired) electrons. The molecule has 148 valence electrons. The number of aromatic nitrogens is 1. The number of carbonyl (C=O) groups is 2. The van der Waals surface area contributed by atoms with Crippen LogP contribution < -0.4 is 10.3 Å². The van der Waals surface area contributed by atoms with E-state index in [4.69, 9.17) is 4.74 Å². The molecule has 1 heterocycles. The lowest BCUT2D eigenvalue weighted by Crippen LogP contribution is -2.24. The van der Waals surface area contributed by atoms with Crippen molar-refractivity contribution in [2.45, 2.75) is 0 Å². The number of hydrogen-bond acceptors (Lipinski definition) is 6. The van der Waals surface area contributed by atoms with Crippen LogP contribution in [0, 0.1) is 0 Å². The van der Waals surface area contributed by atoms with E-state index in [2.05, 4.69) is 4.74 Å². The number of carbonyl (C=O) groups excluding carboxylic acids is 2. The van der Waals surface area contributed by atoms with Gasteiger partial charge in [-0.15, -0.1) is 0 Å². The van der Waals surface area contributed by atoms with Crippen molar-refractivity contribution in [1.29, 1.82) is 0 Å². The van der Waals surface area contributed by atoms with Gasteiger partial charge in [-0.05, 0) is 35.9 Å². The van der Waals surface area contributed by atoms with Gasteiger partial charge < -0.3 is 19.1 Å². The van der Waals surface area contributed by atoms with Crippen molar-refractivity contribution >= 4 is 28.7 Å². The van der Waals surface area contributed by atoms with Crippen LogP contribution in [-0.4, -0.2) is 35.1 Å². The molecule has 0 aliphatic carbocycles. The highest BCUT2D eigenvalue weighted by Gasteiger charge is 2.19. The first-order valence-corrected chi connectivity index (χ1v) is 8.75. The average Bonchev–Trinajstić information content (AvgIpc) is 2.75. The SMILES string of the molecule is COC(=O)COc1cccc(/C=C/C(=O)c2c(O)c3ccccc3n(C)c2=O)c1. The Morgan fingerprint density at radius 2 is 1.90 bits per heavy atom. The Balaban J connectivity index is 1.88. The summed E-state index contributed by atoms with van der Waals surface area (Å²) in [7, 11) is 2.82. The highest BCUT2D eigenvalue weighted by atomic mass is 16.6. The summed E-state index contributed by atoms with van der Waals surface area (Å²) in [6, 6.07) is 13.5. The van der Waals surface area contributed by atoms with Gasteiger partial charge in [-0.25, -0.2) is 4.79 Å². The van der Waals surface area contributed by atoms with E-state index in [-0.39, 0.29) is 17.9 Å². The molecule has 1 N–H and O–H groups in total. The molecular formula is C22H19NO6. The third-order valence-electron chi connectivity index (χ3n) is 4.39. The maximum atomic E-state index is 12.6. The van der Waals surface area contributed by atoms with E-state index in [1.165, 1.54) is 23.8 Å². The summed E-state index contributed by atoms with van der Waals surface area (Å²) >= 11 is 0. The molecule has 3 rings (SSSR count). The normalized spacial score (nSPS) is 11.0. The average molecular weight is 393 g/mol. The number of benzene rings is 2. The van der Waals surface area contributed by atoms with Crippen molar-refractivity contribution in [3.63, 3.8) is 0 Å². The number of aryl methyl sites for hydroxylation is 1. The van der Waals surface area contributed by atoms with Crippen molar-refractivity contribution < 1.29 is 24.2 Å². The molecule has 0 aliphatic heterocycles. The number of fused-ring (bicyclic) bond motifs is 1. The van der Waals surface area contributed by atoms with E-state index < -0.39 is 17.3 Å². The van der Waals surface area contributed by atoms with Crippen LogP contribution in [0.1, 0.15) is 15.9 Å². The van der Waals surface area contributed by atoms with E-state index in [0.717, 1.165) is 0 Å². The first-order chi connectivity index (χ1) is 13.9. The van der Waals surface area contributed by atoms with E-state index in [1.54, 1.807) is 55.6 Å². The summed E-state index contributed by atoms with van der Waals surface area (Å²) < 4.78 is 11.2. The first-order valence-electron chi connectivity index (χ1n) is 8.75. The van der Waals surface area contributed by atoms with E-state index in [0.29, 0.717) is 22.2 Å². The fourth-order valence-corrected chi connectivity index (χ4v) is 2.87. The fraction of sp³-hybridized carbons (Fsp3) is 0.136. The van der Waals surface area contributed by atoms with Gasteiger partial charge in [-0.3, -0.25) is 9.59 Å². The van der Waals surface area contributed by atoms with E-state index >= 15 is 0 Å². The van der Waals surface area contributed by atoms with E-state index in [9.17, 15) is 19.5 Å². The molecule has 3 aromatic rings. The smallest absolute Gasteiger partial charge is 0.343 e. The Labute approximate surface area is 166 Å². The van der Waals surface area contributed by atoms with Crippen molar-refractivity contribution in [3.05, 3.63) is 76.1 Å². The fourth-order valence-electron chi connectivity index (χ4n) is 2.87. The Bertz CT molecular complexity index is 1180. The van der Waals surface area contributed by atoms with Crippen LogP contribution in [0.5, 0.6) is 11.5 Å². The zero-order chi connectivity index (χ0) is 21.0. The third kappa shape index (κ3) is 4.19. The monoisotopic (exact) mass is 393 g/mol. The Hall–Kier alpha value is -3.87. The lowest BCUT2D eigenvalue weighted by Gasteiger charge is -2.09. The number of methoxy groups -OCH3 is 1. The van der Waals surface area contributed by atoms with Gasteiger partial charge in [0.05, 0.1) is 12.6 Å². The summed E-state index contributed by atoms with van der Waals surface area (Å²) in [5.41, 5.74) is 0.287. The number of ether oxygens (including phenoxy) is 2. The predicted octanol–water partition coefficient (Wildman–Crippen LogP) is 2.69. The van der Waals surface area contributed by atoms with Gasteiger partial charge in [0.15, 0.2) is 12.4 Å². The van der Waals surface area contributed by atoms with Crippen LogP contribution in [0.25, 0.3) is 17.0 Å².